The summed E-state index contributed by atoms with van der Waals surface area (Å²) in [6, 6.07) is 6.27. The first kappa shape index (κ1) is 11.2. The van der Waals surface area contributed by atoms with Crippen LogP contribution in [-0.2, 0) is 16.0 Å². The van der Waals surface area contributed by atoms with Crippen LogP contribution in [-0.4, -0.2) is 17.5 Å². The number of benzene rings is 1. The molecular weight excluding hydrogens is 198 g/mol. The van der Waals surface area contributed by atoms with Gasteiger partial charge < -0.3 is 4.74 Å². The summed E-state index contributed by atoms with van der Waals surface area (Å²) in [6.07, 6.45) is 0.487. The Kier molecular flexibility index (Phi) is 3.79. The van der Waals surface area contributed by atoms with Crippen LogP contribution < -0.4 is 0 Å². The van der Waals surface area contributed by atoms with E-state index in [2.05, 4.69) is 0 Å². The summed E-state index contributed by atoms with van der Waals surface area (Å²) in [4.78, 5) is 20.5. The summed E-state index contributed by atoms with van der Waals surface area (Å²) in [7, 11) is 0. The zero-order chi connectivity index (χ0) is 11.3. The highest BCUT2D eigenvalue weighted by Gasteiger charge is 2.05. The lowest BCUT2D eigenvalue weighted by molar-refractivity contribution is -0.384. The molecule has 15 heavy (non-hydrogen) atoms. The summed E-state index contributed by atoms with van der Waals surface area (Å²) < 4.78 is 4.74. The molecule has 0 aliphatic rings. The highest BCUT2D eigenvalue weighted by molar-refractivity contribution is 5.65. The fourth-order valence-electron chi connectivity index (χ4n) is 1.14. The minimum absolute atomic E-state index is 0.0512. The van der Waals surface area contributed by atoms with E-state index in [1.54, 1.807) is 12.1 Å². The molecule has 0 saturated carbocycles. The molecule has 0 aliphatic carbocycles. The Morgan fingerprint density at radius 2 is 2.27 bits per heavy atom. The molecule has 5 heteroatoms. The minimum Gasteiger partial charge on any atom is -0.466 e. The highest BCUT2D eigenvalue weighted by atomic mass is 16.6. The molecule has 0 atom stereocenters. The fraction of sp³-hybridized carbons (Fsp3) is 0.300. The Bertz CT molecular complexity index is 375. The molecule has 1 rings (SSSR count). The Morgan fingerprint density at radius 1 is 1.53 bits per heavy atom. The van der Waals surface area contributed by atoms with Gasteiger partial charge in [0.2, 0.25) is 0 Å². The van der Waals surface area contributed by atoms with Crippen LogP contribution in [0.3, 0.4) is 0 Å². The van der Waals surface area contributed by atoms with Crippen molar-refractivity contribution in [2.75, 3.05) is 6.61 Å². The molecule has 0 aliphatic heterocycles. The summed E-state index contributed by atoms with van der Waals surface area (Å²) in [5.41, 5.74) is 0.834. The number of esters is 1. The summed E-state index contributed by atoms with van der Waals surface area (Å²) >= 11 is 0. The number of rotatable bonds is 4. The third kappa shape index (κ3) is 3.76. The molecule has 0 aromatic heterocycles. The van der Waals surface area contributed by atoms with Gasteiger partial charge in [0, 0.05) is 25.5 Å². The standard InChI is InChI=1S/C10H11NO4/c1-8(12)15-6-5-9-3-2-4-10(7-9)11(13)14/h2-4,7H,5-6H2,1H3. The number of carbonyl (C=O) groups is 1. The minimum atomic E-state index is -0.449. The van der Waals surface area contributed by atoms with Gasteiger partial charge in [0.05, 0.1) is 11.5 Å². The number of hydrogen-bond donors (Lipinski definition) is 0. The first-order valence-electron chi connectivity index (χ1n) is 4.46. The topological polar surface area (TPSA) is 69.4 Å². The van der Waals surface area contributed by atoms with Crippen LogP contribution in [0.2, 0.25) is 0 Å². The van der Waals surface area contributed by atoms with Crippen LogP contribution in [0, 0.1) is 10.1 Å². The van der Waals surface area contributed by atoms with Crippen molar-refractivity contribution in [3.05, 3.63) is 39.9 Å². The van der Waals surface area contributed by atoms with E-state index in [0.29, 0.717) is 6.42 Å². The Morgan fingerprint density at radius 3 is 2.87 bits per heavy atom. The first-order valence-corrected chi connectivity index (χ1v) is 4.46. The average Bonchev–Trinajstić information content (AvgIpc) is 2.17. The summed E-state index contributed by atoms with van der Waals surface area (Å²) in [6.45, 7) is 1.57. The lowest BCUT2D eigenvalue weighted by Crippen LogP contribution is -2.03. The van der Waals surface area contributed by atoms with Gasteiger partial charge in [-0.2, -0.15) is 0 Å². The Balaban J connectivity index is 2.58. The lowest BCUT2D eigenvalue weighted by Gasteiger charge is -2.01. The van der Waals surface area contributed by atoms with Gasteiger partial charge in [0.1, 0.15) is 0 Å². The van der Waals surface area contributed by atoms with Crippen LogP contribution in [0.25, 0.3) is 0 Å². The van der Waals surface area contributed by atoms with Crippen molar-refractivity contribution in [3.63, 3.8) is 0 Å². The zero-order valence-corrected chi connectivity index (χ0v) is 8.30. The van der Waals surface area contributed by atoms with Gasteiger partial charge in [-0.05, 0) is 5.56 Å². The molecule has 1 aromatic rings. The number of hydrogen-bond acceptors (Lipinski definition) is 4. The van der Waals surface area contributed by atoms with Gasteiger partial charge in [0.25, 0.3) is 5.69 Å². The van der Waals surface area contributed by atoms with E-state index >= 15 is 0 Å². The van der Waals surface area contributed by atoms with Crippen molar-refractivity contribution in [2.45, 2.75) is 13.3 Å². The Hall–Kier alpha value is -1.91. The van der Waals surface area contributed by atoms with Gasteiger partial charge in [-0.15, -0.1) is 0 Å². The van der Waals surface area contributed by atoms with Gasteiger partial charge in [-0.25, -0.2) is 0 Å². The van der Waals surface area contributed by atoms with Crippen LogP contribution in [0.15, 0.2) is 24.3 Å². The number of nitro groups is 1. The van der Waals surface area contributed by atoms with Crippen molar-refractivity contribution in [3.8, 4) is 0 Å². The molecule has 80 valence electrons. The van der Waals surface area contributed by atoms with Crippen molar-refractivity contribution in [2.24, 2.45) is 0 Å². The first-order chi connectivity index (χ1) is 7.09. The summed E-state index contributed by atoms with van der Waals surface area (Å²) in [5.74, 6) is -0.347. The van der Waals surface area contributed by atoms with Gasteiger partial charge in [-0.1, -0.05) is 12.1 Å². The van der Waals surface area contributed by atoms with Gasteiger partial charge >= 0.3 is 5.97 Å². The molecule has 1 aromatic carbocycles. The molecule has 5 nitrogen and oxygen atoms in total. The van der Waals surface area contributed by atoms with Crippen LogP contribution in [0.5, 0.6) is 0 Å². The maximum atomic E-state index is 10.5. The number of nitro benzene ring substituents is 1. The van der Waals surface area contributed by atoms with Crippen molar-refractivity contribution in [1.29, 1.82) is 0 Å². The average molecular weight is 209 g/mol. The normalized spacial score (nSPS) is 9.67. The Labute approximate surface area is 86.8 Å². The number of carbonyl (C=O) groups excluding carboxylic acids is 1. The predicted octanol–water partition coefficient (Wildman–Crippen LogP) is 1.70. The van der Waals surface area contributed by atoms with Gasteiger partial charge in [-0.3, -0.25) is 14.9 Å². The second-order valence-electron chi connectivity index (χ2n) is 3.02. The maximum absolute atomic E-state index is 10.5. The van der Waals surface area contributed by atoms with Crippen LogP contribution in [0.4, 0.5) is 5.69 Å². The molecule has 0 amide bonds. The largest absolute Gasteiger partial charge is 0.466 e. The highest BCUT2D eigenvalue weighted by Crippen LogP contribution is 2.13. The monoisotopic (exact) mass is 209 g/mol. The van der Waals surface area contributed by atoms with Crippen LogP contribution in [0.1, 0.15) is 12.5 Å². The molecular formula is C10H11NO4. The zero-order valence-electron chi connectivity index (χ0n) is 8.30. The molecule has 0 radical (unpaired) electrons. The van der Waals surface area contributed by atoms with E-state index < -0.39 is 4.92 Å². The van der Waals surface area contributed by atoms with E-state index in [1.807, 2.05) is 0 Å². The van der Waals surface area contributed by atoms with Gasteiger partial charge in [0.15, 0.2) is 0 Å². The van der Waals surface area contributed by atoms with E-state index in [0.717, 1.165) is 5.56 Å². The van der Waals surface area contributed by atoms with E-state index in [1.165, 1.54) is 19.1 Å². The predicted molar refractivity (Wildman–Crippen MR) is 53.4 cm³/mol. The van der Waals surface area contributed by atoms with E-state index in [-0.39, 0.29) is 18.3 Å². The second kappa shape index (κ2) is 5.09. The molecule has 0 heterocycles. The lowest BCUT2D eigenvalue weighted by atomic mass is 10.1. The smallest absolute Gasteiger partial charge is 0.302 e. The molecule has 0 saturated heterocycles. The third-order valence-corrected chi connectivity index (χ3v) is 1.82. The molecule has 0 fully saturated rings. The van der Waals surface area contributed by atoms with Crippen molar-refractivity contribution < 1.29 is 14.5 Å². The molecule has 0 spiro atoms. The number of ether oxygens (including phenoxy) is 1. The summed E-state index contributed by atoms with van der Waals surface area (Å²) in [5, 5.41) is 10.5. The second-order valence-corrected chi connectivity index (χ2v) is 3.02. The molecule has 0 N–H and O–H groups in total. The molecule has 0 unspecified atom stereocenters. The van der Waals surface area contributed by atoms with E-state index in [9.17, 15) is 14.9 Å². The fourth-order valence-corrected chi connectivity index (χ4v) is 1.14. The quantitative estimate of drug-likeness (QED) is 0.430. The van der Waals surface area contributed by atoms with Crippen molar-refractivity contribution >= 4 is 11.7 Å². The van der Waals surface area contributed by atoms with Crippen molar-refractivity contribution in [1.82, 2.24) is 0 Å². The molecule has 0 bridgehead atoms. The number of non-ortho nitro benzene ring substituents is 1. The maximum Gasteiger partial charge on any atom is 0.302 e. The SMILES string of the molecule is CC(=O)OCCc1cccc([N+](=O)[O-])c1. The van der Waals surface area contributed by atoms with E-state index in [4.69, 9.17) is 4.74 Å². The third-order valence-electron chi connectivity index (χ3n) is 1.82. The van der Waals surface area contributed by atoms with Crippen LogP contribution >= 0.6 is 0 Å². The number of nitrogens with zero attached hydrogens (tertiary/aromatic N) is 1.